The monoisotopic (exact) mass is 329 g/mol. The zero-order chi connectivity index (χ0) is 15.5. The Labute approximate surface area is 129 Å². The predicted molar refractivity (Wildman–Crippen MR) is 83.0 cm³/mol. The molecule has 0 radical (unpaired) electrons. The van der Waals surface area contributed by atoms with E-state index in [4.69, 9.17) is 0 Å². The lowest BCUT2D eigenvalue weighted by molar-refractivity contribution is 0.0596. The third-order valence-corrected chi connectivity index (χ3v) is 6.30. The van der Waals surface area contributed by atoms with Gasteiger partial charge in [0.05, 0.1) is 17.6 Å². The molecule has 1 aliphatic rings. The number of carbonyl (C=O) groups excluding carboxylic acids is 1. The maximum absolute atomic E-state index is 12.5. The van der Waals surface area contributed by atoms with Crippen LogP contribution in [0.2, 0.25) is 0 Å². The topological polar surface area (TPSA) is 72.5 Å². The van der Waals surface area contributed by atoms with Crippen LogP contribution in [-0.4, -0.2) is 39.0 Å². The highest BCUT2D eigenvalue weighted by Crippen LogP contribution is 2.29. The Bertz CT molecular complexity index is 615. The molecule has 2 rings (SSSR count). The van der Waals surface area contributed by atoms with Crippen LogP contribution in [0.25, 0.3) is 0 Å². The van der Waals surface area contributed by atoms with Crippen molar-refractivity contribution in [2.75, 3.05) is 13.4 Å². The summed E-state index contributed by atoms with van der Waals surface area (Å²) >= 11 is 1.76. The lowest BCUT2D eigenvalue weighted by Crippen LogP contribution is -2.34. The molecule has 0 heterocycles. The first kappa shape index (κ1) is 16.3. The minimum absolute atomic E-state index is 0.0237. The Morgan fingerprint density at radius 2 is 2.05 bits per heavy atom. The van der Waals surface area contributed by atoms with Gasteiger partial charge in [0.25, 0.3) is 0 Å². The molecule has 7 heteroatoms. The molecule has 21 heavy (non-hydrogen) atoms. The molecule has 0 aliphatic heterocycles. The van der Waals surface area contributed by atoms with Gasteiger partial charge < -0.3 is 4.74 Å². The second kappa shape index (κ2) is 6.81. The van der Waals surface area contributed by atoms with Gasteiger partial charge in [0.2, 0.25) is 10.0 Å². The van der Waals surface area contributed by atoms with E-state index in [1.165, 1.54) is 19.2 Å². The van der Waals surface area contributed by atoms with Crippen LogP contribution in [0.3, 0.4) is 0 Å². The van der Waals surface area contributed by atoms with E-state index in [1.807, 2.05) is 6.26 Å². The van der Waals surface area contributed by atoms with Gasteiger partial charge in [0, 0.05) is 11.3 Å². The molecule has 1 fully saturated rings. The van der Waals surface area contributed by atoms with Crippen molar-refractivity contribution in [3.8, 4) is 0 Å². The highest BCUT2D eigenvalue weighted by atomic mass is 32.2. The number of benzene rings is 1. The minimum Gasteiger partial charge on any atom is -0.465 e. The molecule has 0 saturated heterocycles. The fourth-order valence-corrected chi connectivity index (χ4v) is 4.80. The zero-order valence-corrected chi connectivity index (χ0v) is 13.7. The summed E-state index contributed by atoms with van der Waals surface area (Å²) in [6.45, 7) is 0. The van der Waals surface area contributed by atoms with Crippen molar-refractivity contribution in [3.63, 3.8) is 0 Å². The number of nitrogens with one attached hydrogen (secondary N) is 1. The molecule has 116 valence electrons. The molecule has 1 aromatic carbocycles. The number of ether oxygens (including phenoxy) is 1. The van der Waals surface area contributed by atoms with Crippen molar-refractivity contribution in [1.82, 2.24) is 4.72 Å². The van der Waals surface area contributed by atoms with Crippen LogP contribution in [0.15, 0.2) is 29.2 Å². The molecular weight excluding hydrogens is 310 g/mol. The fraction of sp³-hybridized carbons (Fsp3) is 0.500. The van der Waals surface area contributed by atoms with Crippen LogP contribution >= 0.6 is 11.8 Å². The van der Waals surface area contributed by atoms with Crippen LogP contribution in [0.4, 0.5) is 0 Å². The van der Waals surface area contributed by atoms with Crippen LogP contribution in [0.1, 0.15) is 29.6 Å². The van der Waals surface area contributed by atoms with E-state index in [0.717, 1.165) is 19.3 Å². The number of hydrogen-bond acceptors (Lipinski definition) is 5. The number of sulfonamides is 1. The number of esters is 1. The number of thioether (sulfide) groups is 1. The third kappa shape index (κ3) is 3.78. The highest BCUT2D eigenvalue weighted by Gasteiger charge is 2.30. The maximum Gasteiger partial charge on any atom is 0.339 e. The molecule has 2 unspecified atom stereocenters. The van der Waals surface area contributed by atoms with Gasteiger partial charge in [-0.1, -0.05) is 12.1 Å². The standard InChI is InChI=1S/C14H19NO4S2/c1-19-14(16)12-5-3-4-6-13(12)21(17,18)15-10-7-8-11(9-10)20-2/h3-6,10-11,15H,7-9H2,1-2H3. The normalized spacial score (nSPS) is 22.2. The van der Waals surface area contributed by atoms with Crippen molar-refractivity contribution in [3.05, 3.63) is 29.8 Å². The van der Waals surface area contributed by atoms with Gasteiger partial charge in [-0.2, -0.15) is 11.8 Å². The van der Waals surface area contributed by atoms with Crippen LogP contribution in [-0.2, 0) is 14.8 Å². The Balaban J connectivity index is 2.22. The summed E-state index contributed by atoms with van der Waals surface area (Å²) in [5.41, 5.74) is 0.0620. The van der Waals surface area contributed by atoms with E-state index in [9.17, 15) is 13.2 Å². The second-order valence-electron chi connectivity index (χ2n) is 4.98. The molecule has 1 N–H and O–H groups in total. The van der Waals surface area contributed by atoms with E-state index in [1.54, 1.807) is 23.9 Å². The van der Waals surface area contributed by atoms with E-state index < -0.39 is 16.0 Å². The SMILES string of the molecule is COC(=O)c1ccccc1S(=O)(=O)NC1CCC(SC)C1. The fourth-order valence-electron chi connectivity index (χ4n) is 2.52. The number of carbonyl (C=O) groups is 1. The zero-order valence-electron chi connectivity index (χ0n) is 12.0. The minimum atomic E-state index is -3.72. The summed E-state index contributed by atoms with van der Waals surface area (Å²) < 4.78 is 32.3. The molecule has 1 saturated carbocycles. The summed E-state index contributed by atoms with van der Waals surface area (Å²) in [5.74, 6) is -0.649. The quantitative estimate of drug-likeness (QED) is 0.837. The van der Waals surface area contributed by atoms with Gasteiger partial charge >= 0.3 is 5.97 Å². The maximum atomic E-state index is 12.5. The average molecular weight is 329 g/mol. The van der Waals surface area contributed by atoms with Crippen molar-refractivity contribution >= 4 is 27.8 Å². The summed E-state index contributed by atoms with van der Waals surface area (Å²) in [5, 5.41) is 0.494. The number of methoxy groups -OCH3 is 1. The lowest BCUT2D eigenvalue weighted by atomic mass is 10.2. The second-order valence-corrected chi connectivity index (χ2v) is 7.80. The van der Waals surface area contributed by atoms with E-state index in [0.29, 0.717) is 5.25 Å². The first-order chi connectivity index (χ1) is 9.97. The van der Waals surface area contributed by atoms with Crippen LogP contribution in [0.5, 0.6) is 0 Å². The first-order valence-electron chi connectivity index (χ1n) is 6.70. The van der Waals surface area contributed by atoms with E-state index in [2.05, 4.69) is 9.46 Å². The number of rotatable bonds is 5. The van der Waals surface area contributed by atoms with E-state index in [-0.39, 0.29) is 16.5 Å². The Kier molecular flexibility index (Phi) is 5.29. The molecule has 0 aromatic heterocycles. The lowest BCUT2D eigenvalue weighted by Gasteiger charge is -2.15. The highest BCUT2D eigenvalue weighted by molar-refractivity contribution is 7.99. The third-order valence-electron chi connectivity index (χ3n) is 3.62. The van der Waals surface area contributed by atoms with Gasteiger partial charge in [-0.15, -0.1) is 0 Å². The van der Waals surface area contributed by atoms with Crippen molar-refractivity contribution in [2.45, 2.75) is 35.4 Å². The van der Waals surface area contributed by atoms with Crippen LogP contribution in [0, 0.1) is 0 Å². The predicted octanol–water partition coefficient (Wildman–Crippen LogP) is 2.04. The Hall–Kier alpha value is -1.05. The van der Waals surface area contributed by atoms with Gasteiger partial charge in [0.1, 0.15) is 0 Å². The molecule has 2 atom stereocenters. The van der Waals surface area contributed by atoms with Gasteiger partial charge in [-0.05, 0) is 37.7 Å². The van der Waals surface area contributed by atoms with Gasteiger partial charge in [-0.25, -0.2) is 17.9 Å². The van der Waals surface area contributed by atoms with Crippen molar-refractivity contribution in [1.29, 1.82) is 0 Å². The molecule has 1 aliphatic carbocycles. The molecule has 0 bridgehead atoms. The van der Waals surface area contributed by atoms with Crippen molar-refractivity contribution < 1.29 is 17.9 Å². The molecule has 5 nitrogen and oxygen atoms in total. The summed E-state index contributed by atoms with van der Waals surface area (Å²) in [6, 6.07) is 6.03. The molecule has 1 aromatic rings. The molecular formula is C14H19NO4S2. The van der Waals surface area contributed by atoms with Gasteiger partial charge in [-0.3, -0.25) is 0 Å². The summed E-state index contributed by atoms with van der Waals surface area (Å²) in [6.07, 6.45) is 4.69. The average Bonchev–Trinajstić information content (AvgIpc) is 2.93. The van der Waals surface area contributed by atoms with Crippen LogP contribution < -0.4 is 4.72 Å². The largest absolute Gasteiger partial charge is 0.465 e. The Morgan fingerprint density at radius 1 is 1.33 bits per heavy atom. The van der Waals surface area contributed by atoms with Crippen molar-refractivity contribution in [2.24, 2.45) is 0 Å². The number of hydrogen-bond donors (Lipinski definition) is 1. The smallest absolute Gasteiger partial charge is 0.339 e. The Morgan fingerprint density at radius 3 is 2.67 bits per heavy atom. The van der Waals surface area contributed by atoms with E-state index >= 15 is 0 Å². The van der Waals surface area contributed by atoms with Gasteiger partial charge in [0.15, 0.2) is 0 Å². The molecule has 0 spiro atoms. The summed E-state index contributed by atoms with van der Waals surface area (Å²) in [4.78, 5) is 11.7. The molecule has 0 amide bonds. The first-order valence-corrected chi connectivity index (χ1v) is 9.47. The summed E-state index contributed by atoms with van der Waals surface area (Å²) in [7, 11) is -2.49.